The van der Waals surface area contributed by atoms with Crippen molar-refractivity contribution in [3.05, 3.63) is 65.9 Å². The van der Waals surface area contributed by atoms with Crippen LogP contribution in [0.4, 0.5) is 0 Å². The first kappa shape index (κ1) is 19.5. The molecule has 0 radical (unpaired) electrons. The van der Waals surface area contributed by atoms with E-state index in [0.717, 1.165) is 17.4 Å². The number of H-pyrrole nitrogens is 1. The average molecular weight is 392 g/mol. The molecule has 1 unspecified atom stereocenters. The van der Waals surface area contributed by atoms with Gasteiger partial charge < -0.3 is 14.6 Å². The number of aromatic amines is 1. The third kappa shape index (κ3) is 3.62. The Bertz CT molecular complexity index is 998. The van der Waals surface area contributed by atoms with Crippen molar-refractivity contribution in [1.29, 1.82) is 0 Å². The molecule has 3 atom stereocenters. The van der Waals surface area contributed by atoms with Gasteiger partial charge in [-0.25, -0.2) is 0 Å². The maximum Gasteiger partial charge on any atom is 0.257 e. The molecule has 2 heterocycles. The monoisotopic (exact) mass is 391 g/mol. The SMILES string of the molecule is COc1cc2[nH]ccc2cc1C(=O)N1C[C@H](C)N(C(C)c2ccccc2)C[C@H]1C. The molecule has 1 aliphatic rings. The van der Waals surface area contributed by atoms with Gasteiger partial charge in [0.1, 0.15) is 5.75 Å². The van der Waals surface area contributed by atoms with E-state index < -0.39 is 0 Å². The first-order chi connectivity index (χ1) is 14.0. The summed E-state index contributed by atoms with van der Waals surface area (Å²) in [5.74, 6) is 0.654. The number of amides is 1. The number of hydrogen-bond acceptors (Lipinski definition) is 3. The zero-order valence-corrected chi connectivity index (χ0v) is 17.6. The molecule has 0 bridgehead atoms. The van der Waals surface area contributed by atoms with Gasteiger partial charge in [-0.15, -0.1) is 0 Å². The van der Waals surface area contributed by atoms with Crippen LogP contribution in [0.5, 0.6) is 5.75 Å². The fourth-order valence-electron chi connectivity index (χ4n) is 4.47. The molecule has 1 aromatic heterocycles. The molecule has 1 amide bonds. The summed E-state index contributed by atoms with van der Waals surface area (Å²) in [4.78, 5) is 21.1. The summed E-state index contributed by atoms with van der Waals surface area (Å²) in [6, 6.07) is 17.1. The zero-order chi connectivity index (χ0) is 20.5. The molecule has 5 nitrogen and oxygen atoms in total. The first-order valence-corrected chi connectivity index (χ1v) is 10.3. The smallest absolute Gasteiger partial charge is 0.257 e. The Morgan fingerprint density at radius 3 is 2.59 bits per heavy atom. The summed E-state index contributed by atoms with van der Waals surface area (Å²) in [5.41, 5.74) is 2.91. The van der Waals surface area contributed by atoms with Crippen LogP contribution in [-0.2, 0) is 0 Å². The first-order valence-electron chi connectivity index (χ1n) is 10.3. The number of nitrogens with one attached hydrogen (secondary N) is 1. The molecule has 0 aliphatic carbocycles. The van der Waals surface area contributed by atoms with Gasteiger partial charge in [-0.3, -0.25) is 9.69 Å². The zero-order valence-electron chi connectivity index (χ0n) is 17.6. The second-order valence-electron chi connectivity index (χ2n) is 8.06. The number of aromatic nitrogens is 1. The van der Waals surface area contributed by atoms with Gasteiger partial charge in [-0.2, -0.15) is 0 Å². The van der Waals surface area contributed by atoms with E-state index in [1.807, 2.05) is 35.4 Å². The minimum atomic E-state index is 0.0383. The third-order valence-corrected chi connectivity index (χ3v) is 6.18. The van der Waals surface area contributed by atoms with Crippen molar-refractivity contribution in [1.82, 2.24) is 14.8 Å². The number of piperazine rings is 1. The van der Waals surface area contributed by atoms with Crippen LogP contribution in [-0.4, -0.2) is 53.0 Å². The summed E-state index contributed by atoms with van der Waals surface area (Å²) in [7, 11) is 1.62. The van der Waals surface area contributed by atoms with Crippen molar-refractivity contribution >= 4 is 16.8 Å². The second kappa shape index (κ2) is 7.91. The summed E-state index contributed by atoms with van der Waals surface area (Å²) in [6.07, 6.45) is 1.88. The molecular formula is C24H29N3O2. The van der Waals surface area contributed by atoms with Crippen LogP contribution in [0.15, 0.2) is 54.7 Å². The molecule has 2 aromatic carbocycles. The molecule has 4 rings (SSSR count). The fraction of sp³-hybridized carbons (Fsp3) is 0.375. The second-order valence-corrected chi connectivity index (χ2v) is 8.06. The van der Waals surface area contributed by atoms with E-state index in [2.05, 4.69) is 54.9 Å². The highest BCUT2D eigenvalue weighted by atomic mass is 16.5. The molecule has 3 aromatic rings. The Kier molecular flexibility index (Phi) is 5.33. The summed E-state index contributed by atoms with van der Waals surface area (Å²) >= 11 is 0. The minimum Gasteiger partial charge on any atom is -0.496 e. The van der Waals surface area contributed by atoms with Crippen LogP contribution >= 0.6 is 0 Å². The number of methoxy groups -OCH3 is 1. The Hall–Kier alpha value is -2.79. The van der Waals surface area contributed by atoms with Gasteiger partial charge in [0, 0.05) is 54.4 Å². The largest absolute Gasteiger partial charge is 0.496 e. The molecule has 5 heteroatoms. The lowest BCUT2D eigenvalue weighted by Gasteiger charge is -2.46. The molecule has 1 aliphatic heterocycles. The average Bonchev–Trinajstić information content (AvgIpc) is 3.21. The Labute approximate surface area is 172 Å². The number of ether oxygens (including phenoxy) is 1. The minimum absolute atomic E-state index is 0.0383. The van der Waals surface area contributed by atoms with Crippen molar-refractivity contribution in [2.45, 2.75) is 38.9 Å². The number of nitrogens with zero attached hydrogens (tertiary/aromatic N) is 2. The summed E-state index contributed by atoms with van der Waals surface area (Å²) in [5, 5.41) is 1.02. The van der Waals surface area contributed by atoms with Crippen molar-refractivity contribution in [3.8, 4) is 5.75 Å². The van der Waals surface area contributed by atoms with Crippen LogP contribution < -0.4 is 4.74 Å². The highest BCUT2D eigenvalue weighted by Crippen LogP contribution is 2.31. The van der Waals surface area contributed by atoms with Gasteiger partial charge in [0.05, 0.1) is 12.7 Å². The highest BCUT2D eigenvalue weighted by molar-refractivity contribution is 6.01. The Morgan fingerprint density at radius 1 is 1.10 bits per heavy atom. The van der Waals surface area contributed by atoms with Gasteiger partial charge in [0.15, 0.2) is 0 Å². The van der Waals surface area contributed by atoms with Crippen LogP contribution in [0.1, 0.15) is 42.7 Å². The van der Waals surface area contributed by atoms with E-state index in [0.29, 0.717) is 23.9 Å². The molecule has 1 saturated heterocycles. The number of rotatable bonds is 4. The lowest BCUT2D eigenvalue weighted by molar-refractivity contribution is 0.0172. The Morgan fingerprint density at radius 2 is 1.86 bits per heavy atom. The topological polar surface area (TPSA) is 48.6 Å². The van der Waals surface area contributed by atoms with Crippen molar-refractivity contribution in [2.24, 2.45) is 0 Å². The standard InChI is InChI=1S/C24H29N3O2/c1-16-15-27(17(2)14-26(16)18(3)19-8-6-5-7-9-19)24(28)21-12-20-10-11-25-22(20)13-23(21)29-4/h5-13,16-18,25H,14-15H2,1-4H3/t16-,17+,18?/m0/s1. The summed E-state index contributed by atoms with van der Waals surface area (Å²) < 4.78 is 5.54. The summed E-state index contributed by atoms with van der Waals surface area (Å²) in [6.45, 7) is 8.13. The van der Waals surface area contributed by atoms with Gasteiger partial charge >= 0.3 is 0 Å². The number of carbonyl (C=O) groups excluding carboxylic acids is 1. The third-order valence-electron chi connectivity index (χ3n) is 6.18. The quantitative estimate of drug-likeness (QED) is 0.714. The predicted octanol–water partition coefficient (Wildman–Crippen LogP) is 4.47. The van der Waals surface area contributed by atoms with Crippen LogP contribution in [0.3, 0.4) is 0 Å². The van der Waals surface area contributed by atoms with E-state index >= 15 is 0 Å². The number of fused-ring (bicyclic) bond motifs is 1. The fourth-order valence-corrected chi connectivity index (χ4v) is 4.47. The molecular weight excluding hydrogens is 362 g/mol. The van der Waals surface area contributed by atoms with Crippen LogP contribution in [0.2, 0.25) is 0 Å². The van der Waals surface area contributed by atoms with Gasteiger partial charge in [-0.1, -0.05) is 30.3 Å². The number of hydrogen-bond donors (Lipinski definition) is 1. The maximum atomic E-state index is 13.5. The molecule has 152 valence electrons. The highest BCUT2D eigenvalue weighted by Gasteiger charge is 2.35. The lowest BCUT2D eigenvalue weighted by atomic mass is 10.00. The molecule has 0 saturated carbocycles. The van der Waals surface area contributed by atoms with E-state index in [-0.39, 0.29) is 18.0 Å². The van der Waals surface area contributed by atoms with Crippen LogP contribution in [0.25, 0.3) is 10.9 Å². The maximum absolute atomic E-state index is 13.5. The van der Waals surface area contributed by atoms with Gasteiger partial charge in [0.2, 0.25) is 0 Å². The van der Waals surface area contributed by atoms with Gasteiger partial charge in [-0.05, 0) is 38.5 Å². The van der Waals surface area contributed by atoms with Crippen molar-refractivity contribution < 1.29 is 9.53 Å². The van der Waals surface area contributed by atoms with E-state index in [4.69, 9.17) is 4.74 Å². The van der Waals surface area contributed by atoms with Crippen molar-refractivity contribution in [2.75, 3.05) is 20.2 Å². The number of carbonyl (C=O) groups is 1. The lowest BCUT2D eigenvalue weighted by Crippen LogP contribution is -2.58. The normalized spacial score (nSPS) is 21.3. The predicted molar refractivity (Wildman–Crippen MR) is 116 cm³/mol. The van der Waals surface area contributed by atoms with Crippen LogP contribution in [0, 0.1) is 0 Å². The molecule has 0 spiro atoms. The molecule has 29 heavy (non-hydrogen) atoms. The Balaban J connectivity index is 1.57. The molecule has 1 N–H and O–H groups in total. The van der Waals surface area contributed by atoms with E-state index in [9.17, 15) is 4.79 Å². The number of benzene rings is 2. The van der Waals surface area contributed by atoms with E-state index in [1.54, 1.807) is 7.11 Å². The molecule has 1 fully saturated rings. The van der Waals surface area contributed by atoms with Gasteiger partial charge in [0.25, 0.3) is 5.91 Å². The van der Waals surface area contributed by atoms with Crippen molar-refractivity contribution in [3.63, 3.8) is 0 Å². The van der Waals surface area contributed by atoms with E-state index in [1.165, 1.54) is 5.56 Å².